The van der Waals surface area contributed by atoms with E-state index >= 15 is 0 Å². The molecule has 0 amide bonds. The van der Waals surface area contributed by atoms with Gasteiger partial charge in [-0.3, -0.25) is 0 Å². The van der Waals surface area contributed by atoms with Crippen molar-refractivity contribution in [3.63, 3.8) is 0 Å². The van der Waals surface area contributed by atoms with E-state index in [0.717, 1.165) is 25.7 Å². The third kappa shape index (κ3) is 14.4. The third-order valence-corrected chi connectivity index (χ3v) is 2.27. The van der Waals surface area contributed by atoms with Crippen molar-refractivity contribution in [1.29, 1.82) is 0 Å². The lowest BCUT2D eigenvalue weighted by atomic mass is 10.2. The van der Waals surface area contributed by atoms with E-state index in [9.17, 15) is 0 Å². The van der Waals surface area contributed by atoms with Gasteiger partial charge in [0.2, 0.25) is 0 Å². The van der Waals surface area contributed by atoms with Crippen molar-refractivity contribution in [2.45, 2.75) is 58.3 Å². The monoisotopic (exact) mass is 231 g/mol. The van der Waals surface area contributed by atoms with Crippen molar-refractivity contribution in [1.82, 2.24) is 0 Å². The standard InChI is InChI=1S/C14H21N3/c1-2-3-4-5-6-7-8-9-10-11-12-13-14-16-17-15/h2-6,11-14H2,1H3. The highest BCUT2D eigenvalue weighted by molar-refractivity contribution is 5.25. The van der Waals surface area contributed by atoms with Crippen LogP contribution in [0.4, 0.5) is 0 Å². The van der Waals surface area contributed by atoms with Crippen molar-refractivity contribution in [3.05, 3.63) is 10.4 Å². The zero-order chi connectivity index (χ0) is 12.6. The molecule has 0 aromatic rings. The minimum Gasteiger partial charge on any atom is -0.0940 e. The van der Waals surface area contributed by atoms with Crippen LogP contribution in [0.1, 0.15) is 58.3 Å². The molecule has 0 saturated carbocycles. The summed E-state index contributed by atoms with van der Waals surface area (Å²) in [4.78, 5) is 2.69. The van der Waals surface area contributed by atoms with E-state index in [1.165, 1.54) is 25.7 Å². The van der Waals surface area contributed by atoms with Crippen LogP contribution in [0.25, 0.3) is 10.4 Å². The Labute approximate surface area is 105 Å². The summed E-state index contributed by atoms with van der Waals surface area (Å²) in [5, 5.41) is 3.46. The molecule has 0 spiro atoms. The number of azide groups is 1. The molecule has 0 aliphatic rings. The van der Waals surface area contributed by atoms with Crippen molar-refractivity contribution < 1.29 is 0 Å². The molecule has 0 rings (SSSR count). The van der Waals surface area contributed by atoms with E-state index in [0.29, 0.717) is 6.54 Å². The number of hydrogen-bond donors (Lipinski definition) is 0. The molecule has 0 bridgehead atoms. The van der Waals surface area contributed by atoms with E-state index < -0.39 is 0 Å². The Hall–Kier alpha value is -1.57. The second kappa shape index (κ2) is 14.4. The van der Waals surface area contributed by atoms with E-state index in [2.05, 4.69) is 40.6 Å². The molecule has 0 fully saturated rings. The predicted octanol–water partition coefficient (Wildman–Crippen LogP) is 4.44. The molecule has 3 heteroatoms. The summed E-state index contributed by atoms with van der Waals surface area (Å²) in [6, 6.07) is 0. The van der Waals surface area contributed by atoms with Crippen LogP contribution in [0.2, 0.25) is 0 Å². The second-order valence-electron chi connectivity index (χ2n) is 3.83. The molecule has 92 valence electrons. The summed E-state index contributed by atoms with van der Waals surface area (Å²) >= 11 is 0. The van der Waals surface area contributed by atoms with Gasteiger partial charge in [-0.15, -0.1) is 0 Å². The minimum absolute atomic E-state index is 0.571. The van der Waals surface area contributed by atoms with Gasteiger partial charge in [0.1, 0.15) is 0 Å². The van der Waals surface area contributed by atoms with Gasteiger partial charge in [0.05, 0.1) is 0 Å². The van der Waals surface area contributed by atoms with Gasteiger partial charge in [-0.25, -0.2) is 0 Å². The van der Waals surface area contributed by atoms with E-state index in [1.807, 2.05) is 0 Å². The maximum absolute atomic E-state index is 8.06. The highest BCUT2D eigenvalue weighted by atomic mass is 15.1. The zero-order valence-electron chi connectivity index (χ0n) is 10.7. The maximum Gasteiger partial charge on any atom is 0.0258 e. The molecule has 0 aliphatic carbocycles. The summed E-state index contributed by atoms with van der Waals surface area (Å²) in [5.41, 5.74) is 8.06. The molecular weight excluding hydrogens is 210 g/mol. The van der Waals surface area contributed by atoms with Crippen molar-refractivity contribution in [3.8, 4) is 23.7 Å². The maximum atomic E-state index is 8.06. The van der Waals surface area contributed by atoms with Gasteiger partial charge < -0.3 is 0 Å². The first kappa shape index (κ1) is 15.4. The molecule has 3 nitrogen and oxygen atoms in total. The Bertz CT molecular complexity index is 332. The van der Waals surface area contributed by atoms with Crippen molar-refractivity contribution in [2.24, 2.45) is 5.11 Å². The van der Waals surface area contributed by atoms with E-state index in [4.69, 9.17) is 5.53 Å². The average molecular weight is 231 g/mol. The topological polar surface area (TPSA) is 48.8 Å². The summed E-state index contributed by atoms with van der Waals surface area (Å²) in [7, 11) is 0. The fraction of sp³-hybridized carbons (Fsp3) is 0.714. The number of hydrogen-bond acceptors (Lipinski definition) is 1. The van der Waals surface area contributed by atoms with Crippen LogP contribution in [-0.4, -0.2) is 6.54 Å². The number of nitrogens with zero attached hydrogens (tertiary/aromatic N) is 3. The molecule has 0 heterocycles. The summed E-state index contributed by atoms with van der Waals surface area (Å²) in [6.45, 7) is 2.78. The number of rotatable bonds is 8. The molecule has 0 unspecified atom stereocenters. The Kier molecular flexibility index (Phi) is 13.1. The zero-order valence-corrected chi connectivity index (χ0v) is 10.7. The van der Waals surface area contributed by atoms with Gasteiger partial charge in [0.25, 0.3) is 0 Å². The Morgan fingerprint density at radius 1 is 0.941 bits per heavy atom. The molecule has 0 aromatic carbocycles. The Balaban J connectivity index is 3.35. The quantitative estimate of drug-likeness (QED) is 0.195. The van der Waals surface area contributed by atoms with Gasteiger partial charge in [0, 0.05) is 24.3 Å². The van der Waals surface area contributed by atoms with E-state index in [1.54, 1.807) is 0 Å². The first-order chi connectivity index (χ1) is 8.41. The highest BCUT2D eigenvalue weighted by Crippen LogP contribution is 2.00. The normalized spacial score (nSPS) is 8.29. The van der Waals surface area contributed by atoms with Gasteiger partial charge in [-0.1, -0.05) is 43.1 Å². The van der Waals surface area contributed by atoms with Crippen LogP contribution >= 0.6 is 0 Å². The Morgan fingerprint density at radius 3 is 2.18 bits per heavy atom. The highest BCUT2D eigenvalue weighted by Gasteiger charge is 1.83. The van der Waals surface area contributed by atoms with Crippen LogP contribution in [0.15, 0.2) is 5.11 Å². The van der Waals surface area contributed by atoms with Gasteiger partial charge in [-0.2, -0.15) is 0 Å². The summed E-state index contributed by atoms with van der Waals surface area (Å²) in [5.74, 6) is 11.8. The molecule has 0 atom stereocenters. The molecule has 17 heavy (non-hydrogen) atoms. The van der Waals surface area contributed by atoms with Crippen molar-refractivity contribution >= 4 is 0 Å². The minimum atomic E-state index is 0.571. The third-order valence-electron chi connectivity index (χ3n) is 2.27. The average Bonchev–Trinajstić information content (AvgIpc) is 2.35. The van der Waals surface area contributed by atoms with E-state index in [-0.39, 0.29) is 0 Å². The van der Waals surface area contributed by atoms with Gasteiger partial charge in [0.15, 0.2) is 0 Å². The number of unbranched alkanes of at least 4 members (excludes halogenated alkanes) is 6. The predicted molar refractivity (Wildman–Crippen MR) is 72.2 cm³/mol. The second-order valence-corrected chi connectivity index (χ2v) is 3.83. The van der Waals surface area contributed by atoms with Crippen molar-refractivity contribution in [2.75, 3.05) is 6.54 Å². The lowest BCUT2D eigenvalue weighted by Crippen LogP contribution is -1.78. The molecule has 0 radical (unpaired) electrons. The fourth-order valence-corrected chi connectivity index (χ4v) is 1.29. The fourth-order valence-electron chi connectivity index (χ4n) is 1.29. The SMILES string of the molecule is CCCCCCC#CC#CCCCCN=[N+]=[N-]. The van der Waals surface area contributed by atoms with Crippen LogP contribution in [-0.2, 0) is 0 Å². The molecule has 0 aliphatic heterocycles. The largest absolute Gasteiger partial charge is 0.0940 e. The van der Waals surface area contributed by atoms with Crippen LogP contribution in [0, 0.1) is 23.7 Å². The summed E-state index contributed by atoms with van der Waals surface area (Å²) in [6.07, 6.45) is 8.72. The lowest BCUT2D eigenvalue weighted by Gasteiger charge is -1.91. The lowest BCUT2D eigenvalue weighted by molar-refractivity contribution is 0.680. The van der Waals surface area contributed by atoms with Crippen LogP contribution in [0.5, 0.6) is 0 Å². The van der Waals surface area contributed by atoms with Crippen LogP contribution < -0.4 is 0 Å². The van der Waals surface area contributed by atoms with Crippen LogP contribution in [0.3, 0.4) is 0 Å². The molecule has 0 N–H and O–H groups in total. The summed E-state index contributed by atoms with van der Waals surface area (Å²) < 4.78 is 0. The Morgan fingerprint density at radius 2 is 1.59 bits per heavy atom. The smallest absolute Gasteiger partial charge is 0.0258 e. The first-order valence-electron chi connectivity index (χ1n) is 6.38. The van der Waals surface area contributed by atoms with Gasteiger partial charge in [-0.05, 0) is 36.6 Å². The van der Waals surface area contributed by atoms with Gasteiger partial charge >= 0.3 is 0 Å². The first-order valence-corrected chi connectivity index (χ1v) is 6.38. The molecular formula is C14H21N3. The molecule has 0 saturated heterocycles. The molecule has 0 aromatic heterocycles.